The Morgan fingerprint density at radius 3 is 0.677 bits per heavy atom. The molecule has 0 aliphatic heterocycles. The van der Waals surface area contributed by atoms with Crippen LogP contribution in [0.4, 0.5) is 0 Å². The molecule has 7 heteroatoms. The van der Waals surface area contributed by atoms with Gasteiger partial charge in [0, 0.05) is 0 Å². The molecule has 0 amide bonds. The molecule has 0 bridgehead atoms. The van der Waals surface area contributed by atoms with Gasteiger partial charge in [0.25, 0.3) is 0 Å². The summed E-state index contributed by atoms with van der Waals surface area (Å²) in [5.74, 6) is 0. The fourth-order valence-corrected chi connectivity index (χ4v) is 24.1. The van der Waals surface area contributed by atoms with Crippen molar-refractivity contribution in [2.24, 2.45) is 0 Å². The molecule has 0 saturated carbocycles. The Morgan fingerprint density at radius 1 is 0.387 bits per heavy atom. The van der Waals surface area contributed by atoms with Gasteiger partial charge in [-0.2, -0.15) is 0 Å². The van der Waals surface area contributed by atoms with E-state index in [0.29, 0.717) is 0 Å². The molecule has 0 heterocycles. The average Bonchev–Trinajstić information content (AvgIpc) is 2.60. The first-order valence-electron chi connectivity index (χ1n) is 13.1. The third kappa shape index (κ3) is 24.2. The van der Waals surface area contributed by atoms with E-state index in [2.05, 4.69) is 80.1 Å². The smallest absolute Gasteiger partial charge is 0.667 e. The van der Waals surface area contributed by atoms with Crippen molar-refractivity contribution in [2.75, 3.05) is 0 Å². The number of unbranched alkanes of at least 4 members (excludes halogenated alkanes) is 4. The van der Waals surface area contributed by atoms with Crippen molar-refractivity contribution in [1.29, 1.82) is 0 Å². The Hall–Kier alpha value is 1.29. The normalized spacial score (nSPS) is 12.8. The predicted octanol–water partition coefficient (Wildman–Crippen LogP) is 10.7. The van der Waals surface area contributed by atoms with Crippen LogP contribution in [0.15, 0.2) is 0 Å². The van der Waals surface area contributed by atoms with Crippen LogP contribution in [-0.2, 0) is 16.8 Å². The van der Waals surface area contributed by atoms with Crippen molar-refractivity contribution in [1.82, 2.24) is 0 Å². The maximum absolute atomic E-state index is 5.29. The van der Waals surface area contributed by atoms with Gasteiger partial charge in [0.15, 0.2) is 0 Å². The molecular formula is C24H60CoN2Si4. The van der Waals surface area contributed by atoms with Crippen LogP contribution >= 0.6 is 0 Å². The maximum atomic E-state index is 5.29. The summed E-state index contributed by atoms with van der Waals surface area (Å²) >= 11 is 0. The Kier molecular flexibility index (Phi) is 22.1. The summed E-state index contributed by atoms with van der Waals surface area (Å²) in [6.45, 7) is 28.7. The first kappa shape index (κ1) is 36.9. The van der Waals surface area contributed by atoms with Crippen molar-refractivity contribution < 1.29 is 16.8 Å². The zero-order chi connectivity index (χ0) is 23.9. The fraction of sp³-hybridized carbons (Fsp3) is 1.00. The third-order valence-corrected chi connectivity index (χ3v) is 21.8. The van der Waals surface area contributed by atoms with Crippen LogP contribution in [0.2, 0.25) is 76.6 Å². The molecule has 0 rings (SSSR count). The van der Waals surface area contributed by atoms with Gasteiger partial charge >= 0.3 is 16.8 Å². The standard InChI is InChI=1S/2C12H30NSi2.Co/c2*1-7-9-11-14(3,4)13-15(5,6)12-10-8-2;/h2*7-12H2,1-6H3;/q2*-1;+2. The second-order valence-electron chi connectivity index (χ2n) is 11.9. The minimum absolute atomic E-state index is 0. The maximum Gasteiger partial charge on any atom is 2.00 e. The van der Waals surface area contributed by atoms with Gasteiger partial charge in [0.05, 0.1) is 0 Å². The first-order valence-corrected chi connectivity index (χ1v) is 25.8. The summed E-state index contributed by atoms with van der Waals surface area (Å²) in [7, 11) is -4.89. The van der Waals surface area contributed by atoms with Crippen LogP contribution in [0.3, 0.4) is 0 Å². The largest absolute Gasteiger partial charge is 2.00 e. The molecule has 0 spiro atoms. The van der Waals surface area contributed by atoms with Crippen LogP contribution < -0.4 is 0 Å². The zero-order valence-corrected chi connectivity index (χ0v) is 28.8. The Balaban J connectivity index is -0.000000490. The van der Waals surface area contributed by atoms with E-state index in [0.717, 1.165) is 0 Å². The molecule has 2 nitrogen and oxygen atoms in total. The van der Waals surface area contributed by atoms with Crippen molar-refractivity contribution >= 4 is 32.9 Å². The second-order valence-corrected chi connectivity index (χ2v) is 30.2. The molecular weight excluding hydrogens is 488 g/mol. The third-order valence-electron chi connectivity index (χ3n) is 5.78. The van der Waals surface area contributed by atoms with Gasteiger partial charge in [-0.05, 0) is 0 Å². The zero-order valence-electron chi connectivity index (χ0n) is 23.7. The van der Waals surface area contributed by atoms with Crippen molar-refractivity contribution in [3.8, 4) is 0 Å². The summed E-state index contributed by atoms with van der Waals surface area (Å²) in [5, 5.41) is 0. The Morgan fingerprint density at radius 2 is 0.548 bits per heavy atom. The first-order chi connectivity index (χ1) is 13.7. The minimum atomic E-state index is -1.22. The summed E-state index contributed by atoms with van der Waals surface area (Å²) in [5.41, 5.74) is 0. The van der Waals surface area contributed by atoms with Crippen molar-refractivity contribution in [3.05, 3.63) is 9.30 Å². The summed E-state index contributed by atoms with van der Waals surface area (Å²) in [6.07, 6.45) is 10.8. The second kappa shape index (κ2) is 18.6. The van der Waals surface area contributed by atoms with E-state index in [-0.39, 0.29) is 16.8 Å². The molecule has 0 fully saturated rings. The van der Waals surface area contributed by atoms with E-state index in [4.69, 9.17) is 9.30 Å². The van der Waals surface area contributed by atoms with E-state index >= 15 is 0 Å². The molecule has 191 valence electrons. The molecule has 0 aliphatic carbocycles. The summed E-state index contributed by atoms with van der Waals surface area (Å²) in [6, 6.07) is 5.58. The molecule has 0 saturated heterocycles. The number of hydrogen-bond donors (Lipinski definition) is 0. The molecule has 0 aliphatic rings. The molecule has 0 aromatic carbocycles. The van der Waals surface area contributed by atoms with Gasteiger partial charge in [-0.3, -0.25) is 0 Å². The minimum Gasteiger partial charge on any atom is -0.667 e. The Labute approximate surface area is 213 Å². The summed E-state index contributed by atoms with van der Waals surface area (Å²) < 4.78 is 10.6. The van der Waals surface area contributed by atoms with Gasteiger partial charge in [-0.1, -0.05) is 189 Å². The Bertz CT molecular complexity index is 342. The molecule has 0 aromatic heterocycles. The number of rotatable bonds is 16. The van der Waals surface area contributed by atoms with Crippen molar-refractivity contribution in [3.63, 3.8) is 0 Å². The SMILES string of the molecule is CCCC[Si](C)(C)[N-][Si](C)(C)CCCC.CCCC[Si](C)(C)[N-][Si](C)(C)CCCC.[Co+2]. The van der Waals surface area contributed by atoms with E-state index in [1.54, 1.807) is 0 Å². The van der Waals surface area contributed by atoms with Crippen LogP contribution in [0, 0.1) is 0 Å². The molecule has 0 atom stereocenters. The molecule has 0 N–H and O–H groups in total. The van der Waals surface area contributed by atoms with Crippen molar-refractivity contribution in [2.45, 2.75) is 156 Å². The molecule has 0 unspecified atom stereocenters. The molecule has 0 aromatic rings. The van der Waals surface area contributed by atoms with E-state index in [1.165, 1.54) is 75.5 Å². The van der Waals surface area contributed by atoms with Gasteiger partial charge in [0.2, 0.25) is 0 Å². The van der Waals surface area contributed by atoms with Gasteiger partial charge in [-0.15, -0.1) is 0 Å². The molecule has 1 radical (unpaired) electrons. The number of hydrogen-bond acceptors (Lipinski definition) is 0. The van der Waals surface area contributed by atoms with Crippen LogP contribution in [0.5, 0.6) is 0 Å². The summed E-state index contributed by atoms with van der Waals surface area (Å²) in [4.78, 5) is 0. The monoisotopic (exact) mass is 547 g/mol. The van der Waals surface area contributed by atoms with Crippen LogP contribution in [0.25, 0.3) is 9.30 Å². The van der Waals surface area contributed by atoms with E-state index < -0.39 is 32.9 Å². The predicted molar refractivity (Wildman–Crippen MR) is 156 cm³/mol. The van der Waals surface area contributed by atoms with Crippen LogP contribution in [-0.4, -0.2) is 32.9 Å². The van der Waals surface area contributed by atoms with Gasteiger partial charge in [0.1, 0.15) is 0 Å². The molecule has 31 heavy (non-hydrogen) atoms. The van der Waals surface area contributed by atoms with E-state index in [1.807, 2.05) is 0 Å². The van der Waals surface area contributed by atoms with Crippen LogP contribution in [0.1, 0.15) is 79.1 Å². The van der Waals surface area contributed by atoms with Gasteiger partial charge in [-0.25, -0.2) is 0 Å². The quantitative estimate of drug-likeness (QED) is 0.172. The fourth-order valence-electron chi connectivity index (χ4n) is 4.30. The topological polar surface area (TPSA) is 28.2 Å². The van der Waals surface area contributed by atoms with Gasteiger partial charge < -0.3 is 9.30 Å². The number of nitrogens with zero attached hydrogens (tertiary/aromatic N) is 2. The average molecular weight is 548 g/mol. The van der Waals surface area contributed by atoms with E-state index in [9.17, 15) is 0 Å².